The summed E-state index contributed by atoms with van der Waals surface area (Å²) in [6.45, 7) is 7.21. The van der Waals surface area contributed by atoms with Crippen LogP contribution in [-0.2, 0) is 4.74 Å². The zero-order chi connectivity index (χ0) is 13.3. The quantitative estimate of drug-likeness (QED) is 0.808. The normalized spacial score (nSPS) is 30.5. The zero-order valence-electron chi connectivity index (χ0n) is 12.2. The number of nitrogens with two attached hydrogens (primary N) is 1. The second kappa shape index (κ2) is 6.31. The van der Waals surface area contributed by atoms with E-state index >= 15 is 0 Å². The number of ether oxygens (including phenoxy) is 1. The summed E-state index contributed by atoms with van der Waals surface area (Å²) in [6, 6.07) is 0.363. The lowest BCUT2D eigenvalue weighted by Crippen LogP contribution is -2.42. The van der Waals surface area contributed by atoms with Gasteiger partial charge in [-0.2, -0.15) is 0 Å². The molecule has 3 atom stereocenters. The Labute approximate surface area is 122 Å². The summed E-state index contributed by atoms with van der Waals surface area (Å²) in [5, 5.41) is 0. The topological polar surface area (TPSA) is 55.6 Å². The van der Waals surface area contributed by atoms with Gasteiger partial charge in [0.05, 0.1) is 0 Å². The van der Waals surface area contributed by atoms with Crippen molar-refractivity contribution in [1.82, 2.24) is 4.90 Å². The van der Waals surface area contributed by atoms with E-state index in [9.17, 15) is 4.79 Å². The molecular weight excluding hydrogens is 264 g/mol. The molecule has 112 valence electrons. The molecule has 1 aliphatic heterocycles. The highest BCUT2D eigenvalue weighted by molar-refractivity contribution is 5.85. The molecule has 0 aromatic rings. The van der Waals surface area contributed by atoms with E-state index in [0.717, 1.165) is 13.0 Å². The van der Waals surface area contributed by atoms with E-state index in [1.54, 1.807) is 0 Å². The van der Waals surface area contributed by atoms with Crippen molar-refractivity contribution in [3.05, 3.63) is 0 Å². The smallest absolute Gasteiger partial charge is 0.410 e. The molecule has 1 saturated carbocycles. The number of likely N-dealkylation sites (tertiary alicyclic amines) is 1. The molecule has 1 amide bonds. The fourth-order valence-corrected chi connectivity index (χ4v) is 3.38. The van der Waals surface area contributed by atoms with Crippen LogP contribution in [0.1, 0.15) is 46.5 Å². The maximum absolute atomic E-state index is 12.2. The maximum Gasteiger partial charge on any atom is 0.410 e. The molecule has 0 aromatic heterocycles. The van der Waals surface area contributed by atoms with Crippen molar-refractivity contribution in [3.63, 3.8) is 0 Å². The Bertz CT molecular complexity index is 317. The molecule has 1 heterocycles. The molecule has 2 fully saturated rings. The van der Waals surface area contributed by atoms with Crippen molar-refractivity contribution in [2.24, 2.45) is 17.6 Å². The maximum atomic E-state index is 12.2. The monoisotopic (exact) mass is 290 g/mol. The fraction of sp³-hybridized carbons (Fsp3) is 0.929. The Morgan fingerprint density at radius 2 is 1.95 bits per heavy atom. The van der Waals surface area contributed by atoms with Gasteiger partial charge >= 0.3 is 6.09 Å². The van der Waals surface area contributed by atoms with Crippen LogP contribution < -0.4 is 5.73 Å². The summed E-state index contributed by atoms with van der Waals surface area (Å²) in [6.07, 6.45) is 4.67. The summed E-state index contributed by atoms with van der Waals surface area (Å²) in [5.41, 5.74) is 5.44. The summed E-state index contributed by atoms with van der Waals surface area (Å²) in [7, 11) is 0. The molecule has 0 bridgehead atoms. The lowest BCUT2D eigenvalue weighted by molar-refractivity contribution is 0.0182. The van der Waals surface area contributed by atoms with E-state index in [1.807, 2.05) is 25.7 Å². The van der Waals surface area contributed by atoms with Crippen molar-refractivity contribution >= 4 is 18.5 Å². The molecule has 5 heteroatoms. The van der Waals surface area contributed by atoms with Gasteiger partial charge in [0, 0.05) is 12.6 Å². The van der Waals surface area contributed by atoms with Crippen LogP contribution in [-0.4, -0.2) is 35.7 Å². The van der Waals surface area contributed by atoms with Crippen molar-refractivity contribution in [2.75, 3.05) is 13.1 Å². The number of rotatable bonds is 1. The van der Waals surface area contributed by atoms with Crippen LogP contribution in [0.15, 0.2) is 0 Å². The van der Waals surface area contributed by atoms with Gasteiger partial charge in [-0.1, -0.05) is 12.8 Å². The highest BCUT2D eigenvalue weighted by Crippen LogP contribution is 2.40. The number of hydrogen-bond donors (Lipinski definition) is 1. The van der Waals surface area contributed by atoms with Gasteiger partial charge in [-0.05, 0) is 52.0 Å². The van der Waals surface area contributed by atoms with E-state index in [1.165, 1.54) is 19.3 Å². The second-order valence-electron chi connectivity index (χ2n) is 6.64. The summed E-state index contributed by atoms with van der Waals surface area (Å²) < 4.78 is 5.51. The third-order valence-corrected chi connectivity index (χ3v) is 4.15. The number of nitrogens with zero attached hydrogens (tertiary/aromatic N) is 1. The molecule has 19 heavy (non-hydrogen) atoms. The Morgan fingerprint density at radius 1 is 1.32 bits per heavy atom. The van der Waals surface area contributed by atoms with Crippen molar-refractivity contribution in [1.29, 1.82) is 0 Å². The van der Waals surface area contributed by atoms with E-state index in [-0.39, 0.29) is 18.5 Å². The Hall–Kier alpha value is -0.480. The first-order chi connectivity index (χ1) is 8.42. The average molecular weight is 291 g/mol. The van der Waals surface area contributed by atoms with Gasteiger partial charge < -0.3 is 15.4 Å². The predicted molar refractivity (Wildman–Crippen MR) is 78.5 cm³/mol. The first-order valence-electron chi connectivity index (χ1n) is 7.12. The van der Waals surface area contributed by atoms with Crippen LogP contribution in [0.3, 0.4) is 0 Å². The zero-order valence-corrected chi connectivity index (χ0v) is 13.0. The van der Waals surface area contributed by atoms with Crippen molar-refractivity contribution in [2.45, 2.75) is 58.1 Å². The summed E-state index contributed by atoms with van der Waals surface area (Å²) in [5.74, 6) is 1.05. The Balaban J connectivity index is 0.00000180. The van der Waals surface area contributed by atoms with E-state index < -0.39 is 5.60 Å². The lowest BCUT2D eigenvalue weighted by Gasteiger charge is -2.33. The van der Waals surface area contributed by atoms with Crippen LogP contribution in [0.5, 0.6) is 0 Å². The third kappa shape index (κ3) is 3.76. The Kier molecular flexibility index (Phi) is 5.51. The summed E-state index contributed by atoms with van der Waals surface area (Å²) in [4.78, 5) is 14.2. The third-order valence-electron chi connectivity index (χ3n) is 4.15. The highest BCUT2D eigenvalue weighted by atomic mass is 35.5. The highest BCUT2D eigenvalue weighted by Gasteiger charge is 2.45. The molecule has 2 N–H and O–H groups in total. The van der Waals surface area contributed by atoms with Crippen LogP contribution >= 0.6 is 12.4 Å². The molecule has 1 saturated heterocycles. The van der Waals surface area contributed by atoms with E-state index in [0.29, 0.717) is 24.4 Å². The molecule has 2 rings (SSSR count). The minimum Gasteiger partial charge on any atom is -0.444 e. The molecule has 0 spiro atoms. The summed E-state index contributed by atoms with van der Waals surface area (Å²) >= 11 is 0. The molecule has 1 aliphatic carbocycles. The van der Waals surface area contributed by atoms with Gasteiger partial charge in [-0.25, -0.2) is 4.79 Å². The van der Waals surface area contributed by atoms with Gasteiger partial charge in [0.25, 0.3) is 0 Å². The van der Waals surface area contributed by atoms with Crippen LogP contribution in [0, 0.1) is 11.8 Å². The Morgan fingerprint density at radius 3 is 2.53 bits per heavy atom. The number of halogens is 1. The minimum absolute atomic E-state index is 0. The van der Waals surface area contributed by atoms with Crippen molar-refractivity contribution < 1.29 is 9.53 Å². The average Bonchev–Trinajstić information content (AvgIpc) is 2.65. The van der Waals surface area contributed by atoms with Gasteiger partial charge in [0.15, 0.2) is 0 Å². The first kappa shape index (κ1) is 16.6. The first-order valence-corrected chi connectivity index (χ1v) is 7.12. The van der Waals surface area contributed by atoms with Crippen LogP contribution in [0.25, 0.3) is 0 Å². The van der Waals surface area contributed by atoms with Gasteiger partial charge in [0.1, 0.15) is 5.60 Å². The van der Waals surface area contributed by atoms with Crippen LogP contribution in [0.2, 0.25) is 0 Å². The number of hydrogen-bond acceptors (Lipinski definition) is 3. The van der Waals surface area contributed by atoms with E-state index in [2.05, 4.69) is 0 Å². The number of carbonyl (C=O) groups excluding carboxylic acids is 1. The lowest BCUT2D eigenvalue weighted by atomic mass is 9.80. The van der Waals surface area contributed by atoms with E-state index in [4.69, 9.17) is 10.5 Å². The fourth-order valence-electron chi connectivity index (χ4n) is 3.38. The van der Waals surface area contributed by atoms with Gasteiger partial charge in [-0.3, -0.25) is 0 Å². The minimum atomic E-state index is -0.415. The molecule has 0 aromatic carbocycles. The molecule has 2 aliphatic rings. The molecule has 4 nitrogen and oxygen atoms in total. The van der Waals surface area contributed by atoms with Gasteiger partial charge in [-0.15, -0.1) is 12.4 Å². The number of fused-ring (bicyclic) bond motifs is 1. The van der Waals surface area contributed by atoms with Crippen molar-refractivity contribution in [3.8, 4) is 0 Å². The molecular formula is C14H27ClN2O2. The SMILES string of the molecule is CC(C)(C)OC(=O)N1CC(CN)C2CCCCC21.Cl. The van der Waals surface area contributed by atoms with Gasteiger partial charge in [0.2, 0.25) is 0 Å². The predicted octanol–water partition coefficient (Wildman–Crippen LogP) is 2.79. The molecule has 0 radical (unpaired) electrons. The molecule has 3 unspecified atom stereocenters. The number of carbonyl (C=O) groups is 1. The second-order valence-corrected chi connectivity index (χ2v) is 6.64. The standard InChI is InChI=1S/C14H26N2O2.ClH/c1-14(2,3)18-13(17)16-9-10(8-15)11-6-4-5-7-12(11)16;/h10-12H,4-9,15H2,1-3H3;1H. The largest absolute Gasteiger partial charge is 0.444 e. The van der Waals surface area contributed by atoms with Crippen LogP contribution in [0.4, 0.5) is 4.79 Å². The number of amides is 1.